The van der Waals surface area contributed by atoms with Gasteiger partial charge in [-0.05, 0) is 41.0 Å². The molecule has 1 heterocycles. The van der Waals surface area contributed by atoms with E-state index in [0.717, 1.165) is 16.7 Å². The van der Waals surface area contributed by atoms with Crippen molar-refractivity contribution in [2.24, 2.45) is 0 Å². The van der Waals surface area contributed by atoms with Crippen LogP contribution >= 0.6 is 0 Å². The van der Waals surface area contributed by atoms with E-state index in [4.69, 9.17) is 19.2 Å². The summed E-state index contributed by atoms with van der Waals surface area (Å²) in [6.07, 6.45) is -0.579. The number of nitrogens with one attached hydrogen (secondary N) is 1. The molecule has 0 aliphatic rings. The maximum absolute atomic E-state index is 12.4. The van der Waals surface area contributed by atoms with Crippen LogP contribution in [-0.2, 0) is 17.9 Å². The number of ether oxygens (including phenoxy) is 3. The first-order valence-electron chi connectivity index (χ1n) is 12.2. The number of hydrogen-bond donors (Lipinski definition) is 2. The third-order valence-electron chi connectivity index (χ3n) is 6.50. The topological polar surface area (TPSA) is 107 Å². The lowest BCUT2D eigenvalue weighted by atomic mass is 9.94. The summed E-state index contributed by atoms with van der Waals surface area (Å²) in [5.41, 5.74) is 4.59. The minimum atomic E-state index is -1.00. The fraction of sp³-hybridized carbons (Fsp3) is 0.129. The van der Waals surface area contributed by atoms with Crippen molar-refractivity contribution < 1.29 is 28.9 Å². The molecule has 5 aromatic rings. The lowest BCUT2D eigenvalue weighted by Gasteiger charge is -2.14. The molecule has 0 fully saturated rings. The molecule has 0 spiro atoms. The Labute approximate surface area is 224 Å². The van der Waals surface area contributed by atoms with E-state index in [0.29, 0.717) is 38.9 Å². The number of para-hydroxylation sites is 1. The van der Waals surface area contributed by atoms with Crippen molar-refractivity contribution in [1.82, 2.24) is 10.3 Å². The normalized spacial score (nSPS) is 10.8. The SMILES string of the molecule is COc1cccc(OC)c1COC(=O)NCc1ccc(-c2cccc3nc4ccccc4c(C(=O)O)c23)cc1. The first-order valence-corrected chi connectivity index (χ1v) is 12.2. The molecule has 0 saturated carbocycles. The van der Waals surface area contributed by atoms with E-state index in [1.165, 1.54) is 0 Å². The number of methoxy groups -OCH3 is 2. The number of aromatic nitrogens is 1. The molecule has 0 atom stereocenters. The van der Waals surface area contributed by atoms with Crippen LogP contribution in [0.15, 0.2) is 84.9 Å². The fourth-order valence-electron chi connectivity index (χ4n) is 4.64. The first-order chi connectivity index (χ1) is 19.0. The van der Waals surface area contributed by atoms with Crippen LogP contribution in [0.3, 0.4) is 0 Å². The van der Waals surface area contributed by atoms with Crippen LogP contribution in [-0.4, -0.2) is 36.4 Å². The maximum atomic E-state index is 12.4. The largest absolute Gasteiger partial charge is 0.496 e. The zero-order valence-electron chi connectivity index (χ0n) is 21.4. The number of carbonyl (C=O) groups excluding carboxylic acids is 1. The summed E-state index contributed by atoms with van der Waals surface area (Å²) in [6, 6.07) is 25.7. The van der Waals surface area contributed by atoms with Crippen molar-refractivity contribution in [1.29, 1.82) is 0 Å². The van der Waals surface area contributed by atoms with Crippen molar-refractivity contribution in [3.05, 3.63) is 102 Å². The van der Waals surface area contributed by atoms with E-state index < -0.39 is 12.1 Å². The highest BCUT2D eigenvalue weighted by Crippen LogP contribution is 2.34. The van der Waals surface area contributed by atoms with E-state index in [9.17, 15) is 14.7 Å². The molecule has 0 bridgehead atoms. The summed E-state index contributed by atoms with van der Waals surface area (Å²) in [5, 5.41) is 14.0. The van der Waals surface area contributed by atoms with Gasteiger partial charge < -0.3 is 24.6 Å². The van der Waals surface area contributed by atoms with Crippen LogP contribution in [0.1, 0.15) is 21.5 Å². The van der Waals surface area contributed by atoms with Crippen LogP contribution in [0.4, 0.5) is 4.79 Å². The average molecular weight is 523 g/mol. The van der Waals surface area contributed by atoms with Crippen molar-refractivity contribution in [2.45, 2.75) is 13.2 Å². The molecule has 0 aliphatic carbocycles. The number of amides is 1. The molecule has 1 amide bonds. The molecule has 8 nitrogen and oxygen atoms in total. The Hall–Kier alpha value is -5.11. The van der Waals surface area contributed by atoms with Gasteiger partial charge in [0.15, 0.2) is 0 Å². The van der Waals surface area contributed by atoms with Gasteiger partial charge in [-0.15, -0.1) is 0 Å². The van der Waals surface area contributed by atoms with Gasteiger partial charge in [0, 0.05) is 17.3 Å². The zero-order valence-corrected chi connectivity index (χ0v) is 21.4. The van der Waals surface area contributed by atoms with Gasteiger partial charge in [0.2, 0.25) is 0 Å². The van der Waals surface area contributed by atoms with Gasteiger partial charge >= 0.3 is 12.1 Å². The van der Waals surface area contributed by atoms with Gasteiger partial charge in [-0.25, -0.2) is 14.6 Å². The third kappa shape index (κ3) is 5.17. The van der Waals surface area contributed by atoms with Crippen molar-refractivity contribution in [3.63, 3.8) is 0 Å². The molecule has 1 aromatic heterocycles. The Kier molecular flexibility index (Phi) is 7.27. The second kappa shape index (κ2) is 11.1. The van der Waals surface area contributed by atoms with Crippen LogP contribution in [0.25, 0.3) is 32.9 Å². The Morgan fingerprint density at radius 3 is 2.18 bits per heavy atom. The Morgan fingerprint density at radius 1 is 0.821 bits per heavy atom. The van der Waals surface area contributed by atoms with E-state index in [2.05, 4.69) is 5.32 Å². The van der Waals surface area contributed by atoms with Gasteiger partial charge in [-0.2, -0.15) is 0 Å². The van der Waals surface area contributed by atoms with Gasteiger partial charge in [0.1, 0.15) is 18.1 Å². The average Bonchev–Trinajstić information content (AvgIpc) is 2.97. The molecule has 0 saturated heterocycles. The Morgan fingerprint density at radius 2 is 1.49 bits per heavy atom. The predicted molar refractivity (Wildman–Crippen MR) is 148 cm³/mol. The Bertz CT molecular complexity index is 1660. The van der Waals surface area contributed by atoms with Crippen molar-refractivity contribution in [3.8, 4) is 22.6 Å². The molecule has 4 aromatic carbocycles. The number of fused-ring (bicyclic) bond motifs is 2. The van der Waals surface area contributed by atoms with E-state index in [1.807, 2.05) is 60.7 Å². The number of aromatic carboxylic acids is 1. The molecule has 8 heteroatoms. The summed E-state index contributed by atoms with van der Waals surface area (Å²) < 4.78 is 16.0. The fourth-order valence-corrected chi connectivity index (χ4v) is 4.64. The third-order valence-corrected chi connectivity index (χ3v) is 6.50. The molecule has 0 radical (unpaired) electrons. The number of carboxylic acid groups (broad SMARTS) is 1. The lowest BCUT2D eigenvalue weighted by Crippen LogP contribution is -2.23. The van der Waals surface area contributed by atoms with Crippen molar-refractivity contribution in [2.75, 3.05) is 14.2 Å². The molecule has 39 heavy (non-hydrogen) atoms. The number of pyridine rings is 1. The number of hydrogen-bond acceptors (Lipinski definition) is 6. The van der Waals surface area contributed by atoms with Gasteiger partial charge in [0.25, 0.3) is 0 Å². The predicted octanol–water partition coefficient (Wildman–Crippen LogP) is 6.20. The lowest BCUT2D eigenvalue weighted by molar-refractivity contribution is 0.0701. The summed E-state index contributed by atoms with van der Waals surface area (Å²) in [4.78, 5) is 29.4. The molecule has 0 aliphatic heterocycles. The second-order valence-electron chi connectivity index (χ2n) is 8.78. The van der Waals surface area contributed by atoms with Crippen LogP contribution in [0, 0.1) is 0 Å². The minimum absolute atomic E-state index is 0.00628. The van der Waals surface area contributed by atoms with Gasteiger partial charge in [-0.3, -0.25) is 0 Å². The first kappa shape index (κ1) is 25.5. The maximum Gasteiger partial charge on any atom is 0.407 e. The minimum Gasteiger partial charge on any atom is -0.496 e. The van der Waals surface area contributed by atoms with Crippen molar-refractivity contribution >= 4 is 33.9 Å². The van der Waals surface area contributed by atoms with E-state index in [-0.39, 0.29) is 18.7 Å². The van der Waals surface area contributed by atoms with Crippen LogP contribution in [0.5, 0.6) is 11.5 Å². The number of benzene rings is 4. The monoisotopic (exact) mass is 522 g/mol. The van der Waals surface area contributed by atoms with Gasteiger partial charge in [0.05, 0.1) is 36.4 Å². The number of nitrogens with zero attached hydrogens (tertiary/aromatic N) is 1. The molecule has 0 unspecified atom stereocenters. The number of alkyl carbamates (subject to hydrolysis) is 1. The zero-order chi connectivity index (χ0) is 27.4. The standard InChI is InChI=1S/C31H26N2O6/c1-37-26-11-6-12-27(38-2)23(26)18-39-31(36)32-17-19-13-15-20(16-14-19)21-8-5-10-25-28(21)29(30(34)35)22-7-3-4-9-24(22)33-25/h3-16H,17-18H2,1-2H3,(H,32,36)(H,34,35). The van der Waals surface area contributed by atoms with E-state index in [1.54, 1.807) is 38.5 Å². The highest BCUT2D eigenvalue weighted by molar-refractivity contribution is 6.17. The highest BCUT2D eigenvalue weighted by Gasteiger charge is 2.18. The second-order valence-corrected chi connectivity index (χ2v) is 8.78. The summed E-state index contributed by atoms with van der Waals surface area (Å²) in [5.74, 6) is 0.136. The van der Waals surface area contributed by atoms with E-state index >= 15 is 0 Å². The molecular formula is C31H26N2O6. The number of rotatable bonds is 8. The van der Waals surface area contributed by atoms with Crippen LogP contribution in [0.2, 0.25) is 0 Å². The summed E-state index contributed by atoms with van der Waals surface area (Å²) in [7, 11) is 3.09. The summed E-state index contributed by atoms with van der Waals surface area (Å²) in [6.45, 7) is 0.248. The number of carbonyl (C=O) groups is 2. The number of carboxylic acids is 1. The molecule has 2 N–H and O–H groups in total. The Balaban J connectivity index is 1.33. The molecule has 5 rings (SSSR count). The van der Waals surface area contributed by atoms with Gasteiger partial charge in [-0.1, -0.05) is 60.7 Å². The quantitative estimate of drug-likeness (QED) is 0.234. The smallest absolute Gasteiger partial charge is 0.407 e. The summed E-state index contributed by atoms with van der Waals surface area (Å²) >= 11 is 0. The molecular weight excluding hydrogens is 496 g/mol. The molecule has 196 valence electrons. The highest BCUT2D eigenvalue weighted by atomic mass is 16.6. The van der Waals surface area contributed by atoms with Crippen LogP contribution < -0.4 is 14.8 Å².